The molecule has 0 atom stereocenters. The van der Waals surface area contributed by atoms with Crippen molar-refractivity contribution in [2.24, 2.45) is 10.9 Å². The quantitative estimate of drug-likeness (QED) is 0.495. The summed E-state index contributed by atoms with van der Waals surface area (Å²) in [6.45, 7) is 6.74. The molecule has 1 aliphatic carbocycles. The number of aliphatic hydroxyl groups excluding tert-OH is 1. The zero-order valence-corrected chi connectivity index (χ0v) is 19.2. The second-order valence-corrected chi connectivity index (χ2v) is 8.39. The minimum atomic E-state index is 0.250. The van der Waals surface area contributed by atoms with E-state index in [9.17, 15) is 5.11 Å². The molecule has 0 unspecified atom stereocenters. The number of likely N-dealkylation sites (N-methyl/N-ethyl adjacent to an activating group) is 1. The maximum Gasteiger partial charge on any atom is 0.0974 e. The van der Waals surface area contributed by atoms with Gasteiger partial charge in [-0.15, -0.1) is 0 Å². The van der Waals surface area contributed by atoms with Gasteiger partial charge in [0.15, 0.2) is 0 Å². The highest BCUT2D eigenvalue weighted by atomic mass is 16.3. The van der Waals surface area contributed by atoms with Crippen molar-refractivity contribution < 1.29 is 5.11 Å². The zero-order chi connectivity index (χ0) is 22.4. The fourth-order valence-electron chi connectivity index (χ4n) is 4.15. The number of nitrogens with one attached hydrogen (secondary N) is 2. The topological polar surface area (TPSA) is 89.5 Å². The molecular weight excluding hydrogens is 388 g/mol. The third-order valence-electron chi connectivity index (χ3n) is 6.18. The lowest BCUT2D eigenvalue weighted by Gasteiger charge is -2.34. The van der Waals surface area contributed by atoms with Crippen LogP contribution in [0.15, 0.2) is 52.8 Å². The molecule has 7 nitrogen and oxygen atoms in total. The van der Waals surface area contributed by atoms with Gasteiger partial charge in [-0.3, -0.25) is 4.68 Å². The standard InChI is InChI=1S/C24H36N6O/c1-5-8-23-24(19-13-27-30(14-19)21(6-2)7-3)28-22(15-29(23)4)18(11-25)12-26-20-9-17(10-20)16-31/h8,11-15,17,20-21,25-26,31H,5-7,9-10,16H2,1-4H3/b18-12+,23-8-,25-11?/t17-,20-. The Balaban J connectivity index is 1.89. The summed E-state index contributed by atoms with van der Waals surface area (Å²) in [5, 5.41) is 25.1. The van der Waals surface area contributed by atoms with Crippen LogP contribution in [-0.4, -0.2) is 51.4 Å². The van der Waals surface area contributed by atoms with E-state index in [-0.39, 0.29) is 6.61 Å². The second-order valence-electron chi connectivity index (χ2n) is 8.39. The van der Waals surface area contributed by atoms with Crippen LogP contribution in [0.5, 0.6) is 0 Å². The number of hydrogen-bond acceptors (Lipinski definition) is 6. The molecule has 1 aromatic heterocycles. The van der Waals surface area contributed by atoms with Crippen molar-refractivity contribution >= 4 is 11.9 Å². The SMILES string of the molecule is CC/C=C1/C(c2cnn(C(CC)CC)c2)=NC(/C(C=N)=C/N[C@H]2C[C@H](CO)C2)=CN1C. The van der Waals surface area contributed by atoms with Crippen LogP contribution in [0.4, 0.5) is 0 Å². The molecule has 2 aliphatic rings. The number of hydrogen-bond donors (Lipinski definition) is 3. The molecule has 1 saturated carbocycles. The van der Waals surface area contributed by atoms with Crippen molar-refractivity contribution in [2.75, 3.05) is 13.7 Å². The Morgan fingerprint density at radius 1 is 1.32 bits per heavy atom. The molecule has 3 N–H and O–H groups in total. The van der Waals surface area contributed by atoms with Crippen LogP contribution in [0.3, 0.4) is 0 Å². The summed E-state index contributed by atoms with van der Waals surface area (Å²) in [6, 6.07) is 0.738. The molecule has 0 amide bonds. The first-order valence-corrected chi connectivity index (χ1v) is 11.4. The van der Waals surface area contributed by atoms with Gasteiger partial charge in [0.1, 0.15) is 0 Å². The Hall–Kier alpha value is -2.67. The van der Waals surface area contributed by atoms with E-state index in [4.69, 9.17) is 10.4 Å². The molecule has 0 saturated heterocycles. The summed E-state index contributed by atoms with van der Waals surface area (Å²) in [6.07, 6.45) is 16.3. The summed E-state index contributed by atoms with van der Waals surface area (Å²) in [4.78, 5) is 7.05. The molecular formula is C24H36N6O. The first-order chi connectivity index (χ1) is 15.0. The van der Waals surface area contributed by atoms with Crippen molar-refractivity contribution in [2.45, 2.75) is 65.0 Å². The number of aliphatic hydroxyl groups is 1. The van der Waals surface area contributed by atoms with Gasteiger partial charge in [-0.2, -0.15) is 5.10 Å². The molecule has 1 aromatic rings. The number of aromatic nitrogens is 2. The van der Waals surface area contributed by atoms with E-state index >= 15 is 0 Å². The fourth-order valence-corrected chi connectivity index (χ4v) is 4.15. The van der Waals surface area contributed by atoms with Gasteiger partial charge < -0.3 is 20.7 Å². The molecule has 1 aliphatic heterocycles. The highest BCUT2D eigenvalue weighted by Crippen LogP contribution is 2.28. The maximum atomic E-state index is 9.21. The predicted octanol–water partition coefficient (Wildman–Crippen LogP) is 4.01. The lowest BCUT2D eigenvalue weighted by Crippen LogP contribution is -2.40. The summed E-state index contributed by atoms with van der Waals surface area (Å²) in [7, 11) is 2.02. The molecule has 31 heavy (non-hydrogen) atoms. The van der Waals surface area contributed by atoms with Crippen LogP contribution >= 0.6 is 0 Å². The van der Waals surface area contributed by atoms with Gasteiger partial charge >= 0.3 is 0 Å². The number of rotatable bonds is 10. The van der Waals surface area contributed by atoms with Crippen molar-refractivity contribution in [1.29, 1.82) is 5.41 Å². The van der Waals surface area contributed by atoms with Crippen LogP contribution in [0.2, 0.25) is 0 Å². The first-order valence-electron chi connectivity index (χ1n) is 11.4. The van der Waals surface area contributed by atoms with Crippen LogP contribution in [-0.2, 0) is 0 Å². The smallest absolute Gasteiger partial charge is 0.0974 e. The van der Waals surface area contributed by atoms with E-state index in [2.05, 4.69) is 48.4 Å². The van der Waals surface area contributed by atoms with Crippen molar-refractivity contribution in [3.63, 3.8) is 0 Å². The van der Waals surface area contributed by atoms with E-state index < -0.39 is 0 Å². The third-order valence-corrected chi connectivity index (χ3v) is 6.18. The Morgan fingerprint density at radius 3 is 2.68 bits per heavy atom. The van der Waals surface area contributed by atoms with Crippen molar-refractivity contribution in [3.05, 3.63) is 53.4 Å². The van der Waals surface area contributed by atoms with Gasteiger partial charge in [0.25, 0.3) is 0 Å². The molecule has 3 rings (SSSR count). The van der Waals surface area contributed by atoms with Crippen LogP contribution < -0.4 is 5.32 Å². The molecule has 0 spiro atoms. The minimum absolute atomic E-state index is 0.250. The number of allylic oxidation sites excluding steroid dienone is 3. The van der Waals surface area contributed by atoms with Crippen LogP contribution in [0.25, 0.3) is 0 Å². The average Bonchev–Trinajstić information content (AvgIpc) is 3.22. The molecule has 168 valence electrons. The molecule has 2 heterocycles. The highest BCUT2D eigenvalue weighted by Gasteiger charge is 2.28. The summed E-state index contributed by atoms with van der Waals surface area (Å²) in [5.41, 5.74) is 4.42. The van der Waals surface area contributed by atoms with Crippen molar-refractivity contribution in [3.8, 4) is 0 Å². The zero-order valence-electron chi connectivity index (χ0n) is 19.2. The normalized spacial score (nSPS) is 23.0. The van der Waals surface area contributed by atoms with Gasteiger partial charge in [-0.1, -0.05) is 26.8 Å². The van der Waals surface area contributed by atoms with Gasteiger partial charge in [-0.25, -0.2) is 4.99 Å². The highest BCUT2D eigenvalue weighted by molar-refractivity contribution is 6.13. The van der Waals surface area contributed by atoms with E-state index in [1.165, 1.54) is 6.21 Å². The van der Waals surface area contributed by atoms with Gasteiger partial charge in [-0.05, 0) is 38.0 Å². The second kappa shape index (κ2) is 10.6. The monoisotopic (exact) mass is 424 g/mol. The van der Waals surface area contributed by atoms with Gasteiger partial charge in [0, 0.05) is 55.6 Å². The summed E-state index contributed by atoms with van der Waals surface area (Å²) >= 11 is 0. The lowest BCUT2D eigenvalue weighted by molar-refractivity contribution is 0.133. The average molecular weight is 425 g/mol. The van der Waals surface area contributed by atoms with E-state index in [1.54, 1.807) is 0 Å². The van der Waals surface area contributed by atoms with Gasteiger partial charge in [0.05, 0.1) is 29.3 Å². The van der Waals surface area contributed by atoms with Gasteiger partial charge in [0.2, 0.25) is 0 Å². The Morgan fingerprint density at radius 2 is 2.06 bits per heavy atom. The van der Waals surface area contributed by atoms with E-state index in [0.717, 1.165) is 60.3 Å². The molecule has 1 fully saturated rings. The molecule has 0 aromatic carbocycles. The molecule has 0 radical (unpaired) electrons. The minimum Gasteiger partial charge on any atom is -0.396 e. The Labute approximate surface area is 185 Å². The number of nitrogens with zero attached hydrogens (tertiary/aromatic N) is 4. The third kappa shape index (κ3) is 5.15. The fraction of sp³-hybridized carbons (Fsp3) is 0.542. The van der Waals surface area contributed by atoms with E-state index in [1.807, 2.05) is 30.3 Å². The molecule has 7 heteroatoms. The molecule has 0 bridgehead atoms. The Kier molecular flexibility index (Phi) is 7.85. The Bertz CT molecular complexity index is 884. The van der Waals surface area contributed by atoms with Crippen molar-refractivity contribution in [1.82, 2.24) is 20.0 Å². The van der Waals surface area contributed by atoms with E-state index in [0.29, 0.717) is 18.0 Å². The lowest BCUT2D eigenvalue weighted by atomic mass is 9.81. The maximum absolute atomic E-state index is 9.21. The first kappa shape index (κ1) is 23.0. The number of aliphatic imine (C=N–C) groups is 1. The predicted molar refractivity (Wildman–Crippen MR) is 126 cm³/mol. The largest absolute Gasteiger partial charge is 0.396 e. The summed E-state index contributed by atoms with van der Waals surface area (Å²) in [5.74, 6) is 0.396. The van der Waals surface area contributed by atoms with Crippen LogP contribution in [0, 0.1) is 11.3 Å². The summed E-state index contributed by atoms with van der Waals surface area (Å²) < 4.78 is 2.04. The van der Waals surface area contributed by atoms with Crippen LogP contribution in [0.1, 0.15) is 64.5 Å².